The maximum absolute atomic E-state index is 12.1. The fourth-order valence-electron chi connectivity index (χ4n) is 2.81. The van der Waals surface area contributed by atoms with Gasteiger partial charge in [-0.05, 0) is 46.1 Å². The fourth-order valence-corrected chi connectivity index (χ4v) is 2.81. The molecule has 0 bridgehead atoms. The van der Waals surface area contributed by atoms with Crippen LogP contribution in [0.15, 0.2) is 12.3 Å². The van der Waals surface area contributed by atoms with E-state index >= 15 is 0 Å². The number of ether oxygens (including phenoxy) is 1. The zero-order chi connectivity index (χ0) is 16.9. The van der Waals surface area contributed by atoms with Crippen LogP contribution in [-0.4, -0.2) is 52.1 Å². The molecule has 2 rings (SSSR count). The number of nitrogens with zero attached hydrogens (tertiary/aromatic N) is 3. The van der Waals surface area contributed by atoms with Crippen LogP contribution in [0.1, 0.15) is 45.7 Å². The SMILES string of the molecule is Cn1ccc(CCNC2CCCN(C(=O)OC(C)(C)C)CC2)n1. The number of likely N-dealkylation sites (tertiary alicyclic amines) is 1. The lowest BCUT2D eigenvalue weighted by atomic mass is 10.1. The lowest BCUT2D eigenvalue weighted by Gasteiger charge is -2.26. The van der Waals surface area contributed by atoms with E-state index in [0.717, 1.165) is 51.0 Å². The normalized spacial score (nSPS) is 19.5. The maximum atomic E-state index is 12.1. The zero-order valence-electron chi connectivity index (χ0n) is 14.8. The first-order valence-electron chi connectivity index (χ1n) is 8.53. The summed E-state index contributed by atoms with van der Waals surface area (Å²) < 4.78 is 7.30. The van der Waals surface area contributed by atoms with Gasteiger partial charge in [0.05, 0.1) is 5.69 Å². The zero-order valence-corrected chi connectivity index (χ0v) is 14.8. The predicted octanol–water partition coefficient (Wildman–Crippen LogP) is 2.34. The third-order valence-electron chi connectivity index (χ3n) is 3.96. The van der Waals surface area contributed by atoms with Crippen LogP contribution in [0, 0.1) is 0 Å². The van der Waals surface area contributed by atoms with E-state index in [4.69, 9.17) is 4.74 Å². The molecule has 1 fully saturated rings. The smallest absolute Gasteiger partial charge is 0.410 e. The molecule has 6 heteroatoms. The minimum absolute atomic E-state index is 0.188. The first-order chi connectivity index (χ1) is 10.8. The summed E-state index contributed by atoms with van der Waals surface area (Å²) in [5, 5.41) is 7.99. The molecule has 1 aromatic heterocycles. The van der Waals surface area contributed by atoms with Crippen molar-refractivity contribution in [2.45, 2.75) is 58.1 Å². The number of aryl methyl sites for hydroxylation is 1. The van der Waals surface area contributed by atoms with Crippen molar-refractivity contribution in [2.24, 2.45) is 7.05 Å². The van der Waals surface area contributed by atoms with Crippen molar-refractivity contribution in [3.8, 4) is 0 Å². The van der Waals surface area contributed by atoms with E-state index < -0.39 is 5.60 Å². The van der Waals surface area contributed by atoms with Crippen LogP contribution in [0.4, 0.5) is 4.79 Å². The molecular weight excluding hydrogens is 292 g/mol. The van der Waals surface area contributed by atoms with E-state index in [1.165, 1.54) is 0 Å². The fraction of sp³-hybridized carbons (Fsp3) is 0.765. The number of amides is 1. The van der Waals surface area contributed by atoms with Crippen LogP contribution in [0.3, 0.4) is 0 Å². The summed E-state index contributed by atoms with van der Waals surface area (Å²) >= 11 is 0. The van der Waals surface area contributed by atoms with Crippen LogP contribution >= 0.6 is 0 Å². The van der Waals surface area contributed by atoms with Gasteiger partial charge >= 0.3 is 6.09 Å². The van der Waals surface area contributed by atoms with Crippen molar-refractivity contribution in [3.63, 3.8) is 0 Å². The molecule has 130 valence electrons. The Balaban J connectivity index is 1.72. The number of rotatable bonds is 4. The monoisotopic (exact) mass is 322 g/mol. The molecule has 23 heavy (non-hydrogen) atoms. The average Bonchev–Trinajstić information content (AvgIpc) is 2.71. The van der Waals surface area contributed by atoms with Gasteiger partial charge < -0.3 is 15.0 Å². The summed E-state index contributed by atoms with van der Waals surface area (Å²) in [6.45, 7) is 8.19. The first kappa shape index (κ1) is 17.8. The van der Waals surface area contributed by atoms with E-state index in [2.05, 4.69) is 16.5 Å². The van der Waals surface area contributed by atoms with Crippen molar-refractivity contribution in [1.82, 2.24) is 20.0 Å². The summed E-state index contributed by atoms with van der Waals surface area (Å²) in [7, 11) is 1.94. The van der Waals surface area contributed by atoms with Crippen LogP contribution in [-0.2, 0) is 18.2 Å². The van der Waals surface area contributed by atoms with Gasteiger partial charge in [0, 0.05) is 45.3 Å². The van der Waals surface area contributed by atoms with Crippen molar-refractivity contribution in [2.75, 3.05) is 19.6 Å². The second kappa shape index (κ2) is 7.81. The van der Waals surface area contributed by atoms with E-state index in [9.17, 15) is 4.79 Å². The van der Waals surface area contributed by atoms with E-state index in [0.29, 0.717) is 6.04 Å². The van der Waals surface area contributed by atoms with E-state index in [-0.39, 0.29) is 6.09 Å². The molecule has 1 N–H and O–H groups in total. The first-order valence-corrected chi connectivity index (χ1v) is 8.53. The molecule has 0 aromatic carbocycles. The van der Waals surface area contributed by atoms with Crippen LogP contribution < -0.4 is 5.32 Å². The molecule has 0 radical (unpaired) electrons. The molecule has 1 aliphatic rings. The average molecular weight is 322 g/mol. The van der Waals surface area contributed by atoms with Gasteiger partial charge in [-0.3, -0.25) is 4.68 Å². The molecule has 1 aromatic rings. The molecule has 0 spiro atoms. The van der Waals surface area contributed by atoms with Crippen molar-refractivity contribution < 1.29 is 9.53 Å². The van der Waals surface area contributed by atoms with Crippen molar-refractivity contribution in [1.29, 1.82) is 0 Å². The number of nitrogens with one attached hydrogen (secondary N) is 1. The molecule has 2 heterocycles. The highest BCUT2D eigenvalue weighted by atomic mass is 16.6. The molecule has 1 atom stereocenters. The maximum Gasteiger partial charge on any atom is 0.410 e. The van der Waals surface area contributed by atoms with E-state index in [1.54, 1.807) is 0 Å². The number of carbonyl (C=O) groups excluding carboxylic acids is 1. The minimum atomic E-state index is -0.427. The third-order valence-corrected chi connectivity index (χ3v) is 3.96. The van der Waals surface area contributed by atoms with Crippen molar-refractivity contribution in [3.05, 3.63) is 18.0 Å². The van der Waals surface area contributed by atoms with Gasteiger partial charge in [0.2, 0.25) is 0 Å². The Kier molecular flexibility index (Phi) is 6.04. The Morgan fingerprint density at radius 3 is 2.83 bits per heavy atom. The van der Waals surface area contributed by atoms with Gasteiger partial charge in [-0.25, -0.2) is 4.79 Å². The van der Waals surface area contributed by atoms with Gasteiger partial charge in [0.1, 0.15) is 5.60 Å². The Bertz CT molecular complexity index is 507. The topological polar surface area (TPSA) is 59.4 Å². The lowest BCUT2D eigenvalue weighted by molar-refractivity contribution is 0.0256. The Hall–Kier alpha value is -1.56. The van der Waals surface area contributed by atoms with Crippen LogP contribution in [0.2, 0.25) is 0 Å². The minimum Gasteiger partial charge on any atom is -0.444 e. The number of hydrogen-bond donors (Lipinski definition) is 1. The molecule has 0 saturated carbocycles. The van der Waals surface area contributed by atoms with Crippen LogP contribution in [0.5, 0.6) is 0 Å². The summed E-state index contributed by atoms with van der Waals surface area (Å²) in [5.41, 5.74) is 0.688. The molecular formula is C17H30N4O2. The summed E-state index contributed by atoms with van der Waals surface area (Å²) in [6.07, 6.45) is 5.81. The highest BCUT2D eigenvalue weighted by Crippen LogP contribution is 2.15. The van der Waals surface area contributed by atoms with Gasteiger partial charge in [-0.1, -0.05) is 0 Å². The molecule has 6 nitrogen and oxygen atoms in total. The summed E-state index contributed by atoms with van der Waals surface area (Å²) in [4.78, 5) is 14.0. The van der Waals surface area contributed by atoms with Gasteiger partial charge in [0.25, 0.3) is 0 Å². The number of aromatic nitrogens is 2. The molecule has 1 unspecified atom stereocenters. The Morgan fingerprint density at radius 2 is 2.17 bits per heavy atom. The number of hydrogen-bond acceptors (Lipinski definition) is 4. The Morgan fingerprint density at radius 1 is 1.39 bits per heavy atom. The van der Waals surface area contributed by atoms with E-state index in [1.807, 2.05) is 43.6 Å². The second-order valence-corrected chi connectivity index (χ2v) is 7.28. The summed E-state index contributed by atoms with van der Waals surface area (Å²) in [5.74, 6) is 0. The predicted molar refractivity (Wildman–Crippen MR) is 90.4 cm³/mol. The lowest BCUT2D eigenvalue weighted by Crippen LogP contribution is -2.38. The van der Waals surface area contributed by atoms with Gasteiger partial charge in [-0.15, -0.1) is 0 Å². The standard InChI is InChI=1S/C17H30N4O2/c1-17(2,3)23-16(22)21-11-5-6-14(9-13-21)18-10-7-15-8-12-20(4)19-15/h8,12,14,18H,5-7,9-11,13H2,1-4H3. The molecule has 1 amide bonds. The largest absolute Gasteiger partial charge is 0.444 e. The highest BCUT2D eigenvalue weighted by molar-refractivity contribution is 5.68. The molecule has 1 saturated heterocycles. The Labute approximate surface area is 139 Å². The quantitative estimate of drug-likeness (QED) is 0.924. The molecule has 0 aliphatic carbocycles. The second-order valence-electron chi connectivity index (χ2n) is 7.28. The van der Waals surface area contributed by atoms with Gasteiger partial charge in [-0.2, -0.15) is 5.10 Å². The third kappa shape index (κ3) is 6.22. The van der Waals surface area contributed by atoms with Crippen LogP contribution in [0.25, 0.3) is 0 Å². The molecule has 1 aliphatic heterocycles. The van der Waals surface area contributed by atoms with Gasteiger partial charge in [0.15, 0.2) is 0 Å². The highest BCUT2D eigenvalue weighted by Gasteiger charge is 2.24. The van der Waals surface area contributed by atoms with Crippen molar-refractivity contribution >= 4 is 6.09 Å². The number of carbonyl (C=O) groups is 1. The summed E-state index contributed by atoms with van der Waals surface area (Å²) in [6, 6.07) is 2.52.